The smallest absolute Gasteiger partial charge is 0.275 e. The zero-order chi connectivity index (χ0) is 17.5. The Bertz CT molecular complexity index is 700. The molecule has 0 spiro atoms. The molecule has 2 N–H and O–H groups in total. The van der Waals surface area contributed by atoms with E-state index in [1.165, 1.54) is 22.8 Å². The normalized spacial score (nSPS) is 12.0. The van der Waals surface area contributed by atoms with Crippen LogP contribution < -0.4 is 10.2 Å². The van der Waals surface area contributed by atoms with Crippen LogP contribution in [0.5, 0.6) is 0 Å². The van der Waals surface area contributed by atoms with E-state index in [1.54, 1.807) is 12.1 Å². The molecule has 0 aliphatic rings. The van der Waals surface area contributed by atoms with E-state index in [9.17, 15) is 9.18 Å². The summed E-state index contributed by atoms with van der Waals surface area (Å²) in [6, 6.07) is 13.1. The minimum atomic E-state index is -0.218. The largest absolute Gasteiger partial charge is 0.351 e. The first-order valence-electron chi connectivity index (χ1n) is 8.33. The fourth-order valence-electron chi connectivity index (χ4n) is 2.81. The molecule has 2 aromatic rings. The maximum absolute atomic E-state index is 13.5. The van der Waals surface area contributed by atoms with Crippen LogP contribution in [0, 0.1) is 19.7 Å². The van der Waals surface area contributed by atoms with Gasteiger partial charge in [-0.25, -0.2) is 4.39 Å². The number of quaternary nitrogens is 1. The molecule has 128 valence electrons. The Morgan fingerprint density at radius 3 is 2.58 bits per heavy atom. The molecule has 1 unspecified atom stereocenters. The molecule has 3 nitrogen and oxygen atoms in total. The highest BCUT2D eigenvalue weighted by atomic mass is 19.1. The van der Waals surface area contributed by atoms with Crippen molar-refractivity contribution in [2.24, 2.45) is 0 Å². The zero-order valence-corrected chi connectivity index (χ0v) is 14.7. The molecule has 0 aromatic heterocycles. The fraction of sp³-hybridized carbons (Fsp3) is 0.350. The second-order valence-corrected chi connectivity index (χ2v) is 6.43. The number of carbonyl (C=O) groups excluding carboxylic acids is 1. The Labute approximate surface area is 143 Å². The highest BCUT2D eigenvalue weighted by Crippen LogP contribution is 2.09. The summed E-state index contributed by atoms with van der Waals surface area (Å²) in [6.07, 6.45) is 0.508. The van der Waals surface area contributed by atoms with Gasteiger partial charge >= 0.3 is 0 Å². The first-order valence-corrected chi connectivity index (χ1v) is 8.33. The van der Waals surface area contributed by atoms with Crippen LogP contribution in [-0.2, 0) is 17.8 Å². The second kappa shape index (κ2) is 8.60. The third kappa shape index (κ3) is 5.46. The second-order valence-electron chi connectivity index (χ2n) is 6.43. The van der Waals surface area contributed by atoms with Crippen LogP contribution in [0.1, 0.15) is 22.3 Å². The van der Waals surface area contributed by atoms with Crippen LogP contribution in [0.15, 0.2) is 42.5 Å². The number of hydrogen-bond donors (Lipinski definition) is 2. The topological polar surface area (TPSA) is 33.5 Å². The summed E-state index contributed by atoms with van der Waals surface area (Å²) in [6.45, 7) is 5.86. The van der Waals surface area contributed by atoms with E-state index in [4.69, 9.17) is 0 Å². The van der Waals surface area contributed by atoms with Crippen molar-refractivity contribution in [2.75, 3.05) is 20.1 Å². The van der Waals surface area contributed by atoms with Crippen molar-refractivity contribution in [3.8, 4) is 0 Å². The van der Waals surface area contributed by atoms with E-state index in [-0.39, 0.29) is 11.7 Å². The van der Waals surface area contributed by atoms with Gasteiger partial charge in [-0.2, -0.15) is 0 Å². The van der Waals surface area contributed by atoms with Gasteiger partial charge in [-0.3, -0.25) is 4.79 Å². The number of aryl methyl sites for hydroxylation is 2. The predicted octanol–water partition coefficient (Wildman–Crippen LogP) is 1.82. The van der Waals surface area contributed by atoms with Crippen molar-refractivity contribution in [3.05, 3.63) is 70.5 Å². The van der Waals surface area contributed by atoms with Crippen LogP contribution in [0.25, 0.3) is 0 Å². The van der Waals surface area contributed by atoms with E-state index in [1.807, 2.05) is 13.1 Å². The van der Waals surface area contributed by atoms with Crippen LogP contribution in [0.2, 0.25) is 0 Å². The van der Waals surface area contributed by atoms with Gasteiger partial charge < -0.3 is 10.2 Å². The number of carbonyl (C=O) groups is 1. The molecule has 2 aromatic carbocycles. The lowest BCUT2D eigenvalue weighted by atomic mass is 10.1. The third-order valence-corrected chi connectivity index (χ3v) is 4.13. The van der Waals surface area contributed by atoms with Gasteiger partial charge in [-0.05, 0) is 37.5 Å². The average Bonchev–Trinajstić information content (AvgIpc) is 2.52. The number of rotatable bonds is 7. The quantitative estimate of drug-likeness (QED) is 0.798. The molecule has 24 heavy (non-hydrogen) atoms. The molecule has 0 radical (unpaired) electrons. The highest BCUT2D eigenvalue weighted by molar-refractivity contribution is 5.76. The van der Waals surface area contributed by atoms with Gasteiger partial charge in [0.1, 0.15) is 12.4 Å². The summed E-state index contributed by atoms with van der Waals surface area (Å²) < 4.78 is 13.5. The molecule has 0 fully saturated rings. The SMILES string of the molecule is Cc1ccc(C[NH+](C)CC(=O)NCCc2ccccc2F)c(C)c1. The first kappa shape index (κ1) is 18.1. The van der Waals surface area contributed by atoms with Crippen LogP contribution in [-0.4, -0.2) is 26.0 Å². The van der Waals surface area contributed by atoms with Gasteiger partial charge in [0, 0.05) is 12.1 Å². The van der Waals surface area contributed by atoms with Crippen molar-refractivity contribution >= 4 is 5.91 Å². The van der Waals surface area contributed by atoms with Gasteiger partial charge in [-0.15, -0.1) is 0 Å². The van der Waals surface area contributed by atoms with E-state index in [0.717, 1.165) is 11.4 Å². The average molecular weight is 329 g/mol. The van der Waals surface area contributed by atoms with E-state index < -0.39 is 0 Å². The van der Waals surface area contributed by atoms with Crippen molar-refractivity contribution in [1.82, 2.24) is 5.32 Å². The summed E-state index contributed by atoms with van der Waals surface area (Å²) in [5, 5.41) is 2.87. The van der Waals surface area contributed by atoms with Crippen molar-refractivity contribution in [2.45, 2.75) is 26.8 Å². The molecule has 0 saturated carbocycles. The molecule has 0 aliphatic carbocycles. The molecule has 2 rings (SSSR count). The molecular formula is C20H26FN2O+. The molecule has 0 aliphatic heterocycles. The third-order valence-electron chi connectivity index (χ3n) is 4.13. The molecular weight excluding hydrogens is 303 g/mol. The molecule has 1 atom stereocenters. The number of likely N-dealkylation sites (N-methyl/N-ethyl adjacent to an activating group) is 1. The summed E-state index contributed by atoms with van der Waals surface area (Å²) in [4.78, 5) is 13.2. The van der Waals surface area contributed by atoms with Gasteiger partial charge in [0.2, 0.25) is 0 Å². The van der Waals surface area contributed by atoms with Crippen LogP contribution >= 0.6 is 0 Å². The predicted molar refractivity (Wildman–Crippen MR) is 94.5 cm³/mol. The van der Waals surface area contributed by atoms with Gasteiger partial charge in [0.25, 0.3) is 5.91 Å². The minimum absolute atomic E-state index is 0.00592. The Hall–Kier alpha value is -2.20. The Kier molecular flexibility index (Phi) is 6.50. The zero-order valence-electron chi connectivity index (χ0n) is 14.7. The van der Waals surface area contributed by atoms with E-state index >= 15 is 0 Å². The monoisotopic (exact) mass is 329 g/mol. The summed E-state index contributed by atoms with van der Waals surface area (Å²) in [5.74, 6) is -0.224. The summed E-state index contributed by atoms with van der Waals surface area (Å²) in [7, 11) is 2.01. The maximum atomic E-state index is 13.5. The molecule has 0 bridgehead atoms. The summed E-state index contributed by atoms with van der Waals surface area (Å²) >= 11 is 0. The summed E-state index contributed by atoms with van der Waals surface area (Å²) in [5.41, 5.74) is 4.40. The molecule has 4 heteroatoms. The van der Waals surface area contributed by atoms with Crippen LogP contribution in [0.3, 0.4) is 0 Å². The number of amides is 1. The van der Waals surface area contributed by atoms with Crippen molar-refractivity contribution < 1.29 is 14.1 Å². The number of nitrogens with one attached hydrogen (secondary N) is 2. The van der Waals surface area contributed by atoms with E-state index in [2.05, 4.69) is 37.4 Å². The Morgan fingerprint density at radius 2 is 1.88 bits per heavy atom. The lowest BCUT2D eigenvalue weighted by Gasteiger charge is -2.15. The fourth-order valence-corrected chi connectivity index (χ4v) is 2.81. The number of halogens is 1. The van der Waals surface area contributed by atoms with Gasteiger partial charge in [-0.1, -0.05) is 42.0 Å². The minimum Gasteiger partial charge on any atom is -0.351 e. The first-order chi connectivity index (χ1) is 11.5. The number of hydrogen-bond acceptors (Lipinski definition) is 1. The van der Waals surface area contributed by atoms with Crippen molar-refractivity contribution in [3.63, 3.8) is 0 Å². The lowest BCUT2D eigenvalue weighted by Crippen LogP contribution is -3.09. The molecule has 1 amide bonds. The highest BCUT2D eigenvalue weighted by Gasteiger charge is 2.12. The Morgan fingerprint density at radius 1 is 1.12 bits per heavy atom. The maximum Gasteiger partial charge on any atom is 0.275 e. The van der Waals surface area contributed by atoms with E-state index in [0.29, 0.717) is 25.1 Å². The lowest BCUT2D eigenvalue weighted by molar-refractivity contribution is -0.885. The Balaban J connectivity index is 1.76. The molecule has 0 heterocycles. The standard InChI is InChI=1S/C20H25FN2O/c1-15-8-9-18(16(2)12-15)13-23(3)14-20(24)22-11-10-17-6-4-5-7-19(17)21/h4-9,12H,10-11,13-14H2,1-3H3,(H,22,24)/p+1. The van der Waals surface area contributed by atoms with Gasteiger partial charge in [0.15, 0.2) is 6.54 Å². The van der Waals surface area contributed by atoms with Crippen LogP contribution in [0.4, 0.5) is 4.39 Å². The van der Waals surface area contributed by atoms with Crippen molar-refractivity contribution in [1.29, 1.82) is 0 Å². The van der Waals surface area contributed by atoms with Gasteiger partial charge in [0.05, 0.1) is 7.05 Å². The number of benzene rings is 2. The molecule has 0 saturated heterocycles.